The van der Waals surface area contributed by atoms with Gasteiger partial charge in [0.1, 0.15) is 11.1 Å². The molecule has 0 N–H and O–H groups in total. The quantitative estimate of drug-likeness (QED) is 0.633. The van der Waals surface area contributed by atoms with Gasteiger partial charge in [-0.2, -0.15) is 0 Å². The molecule has 3 heteroatoms. The van der Waals surface area contributed by atoms with Crippen molar-refractivity contribution in [1.29, 1.82) is 0 Å². The Morgan fingerprint density at radius 2 is 1.86 bits per heavy atom. The number of oxime groups is 1. The van der Waals surface area contributed by atoms with Crippen LogP contribution in [0.3, 0.4) is 0 Å². The van der Waals surface area contributed by atoms with E-state index in [4.69, 9.17) is 0 Å². The van der Waals surface area contributed by atoms with Crippen molar-refractivity contribution in [3.05, 3.63) is 35.9 Å². The minimum absolute atomic E-state index is 0.295. The third-order valence-corrected chi connectivity index (χ3v) is 2.37. The molecule has 0 saturated carbocycles. The third kappa shape index (κ3) is 1.21. The van der Waals surface area contributed by atoms with E-state index in [1.54, 1.807) is 0 Å². The fourth-order valence-electron chi connectivity index (χ4n) is 1.42. The Morgan fingerprint density at radius 1 is 1.21 bits per heavy atom. The van der Waals surface area contributed by atoms with E-state index in [0.29, 0.717) is 5.71 Å². The van der Waals surface area contributed by atoms with E-state index < -0.39 is 5.41 Å². The van der Waals surface area contributed by atoms with E-state index in [1.165, 1.54) is 0 Å². The Balaban J connectivity index is 2.43. The molecule has 0 saturated heterocycles. The van der Waals surface area contributed by atoms with Crippen LogP contribution in [0.15, 0.2) is 35.5 Å². The van der Waals surface area contributed by atoms with Crippen LogP contribution in [0.4, 0.5) is 0 Å². The lowest BCUT2D eigenvalue weighted by Crippen LogP contribution is -2.28. The molecule has 0 amide bonds. The van der Waals surface area contributed by atoms with Crippen molar-refractivity contribution in [2.45, 2.75) is 13.8 Å². The van der Waals surface area contributed by atoms with Gasteiger partial charge in [-0.15, -0.1) is 0 Å². The van der Waals surface area contributed by atoms with E-state index >= 15 is 0 Å². The zero-order chi connectivity index (χ0) is 10.2. The number of hydrogen-bond donors (Lipinski definition) is 0. The molecule has 0 fully saturated rings. The highest BCUT2D eigenvalue weighted by atomic mass is 16.7. The van der Waals surface area contributed by atoms with Crippen molar-refractivity contribution in [3.8, 4) is 0 Å². The van der Waals surface area contributed by atoms with Crippen LogP contribution in [0, 0.1) is 5.41 Å². The summed E-state index contributed by atoms with van der Waals surface area (Å²) in [6, 6.07) is 9.59. The maximum atomic E-state index is 11.3. The van der Waals surface area contributed by atoms with Crippen molar-refractivity contribution >= 4 is 11.7 Å². The SMILES string of the molecule is CC1(C)C(=O)ON=C1c1ccccc1. The summed E-state index contributed by atoms with van der Waals surface area (Å²) in [5.41, 5.74) is 0.993. The minimum Gasteiger partial charge on any atom is -0.317 e. The smallest absolute Gasteiger partial charge is 0.317 e. The van der Waals surface area contributed by atoms with Gasteiger partial charge in [0.2, 0.25) is 0 Å². The lowest BCUT2D eigenvalue weighted by Gasteiger charge is -2.14. The lowest BCUT2D eigenvalue weighted by atomic mass is 9.84. The highest BCUT2D eigenvalue weighted by molar-refractivity contribution is 6.17. The largest absolute Gasteiger partial charge is 0.346 e. The topological polar surface area (TPSA) is 38.7 Å². The van der Waals surface area contributed by atoms with Crippen molar-refractivity contribution in [2.75, 3.05) is 0 Å². The highest BCUT2D eigenvalue weighted by Gasteiger charge is 2.41. The molecule has 1 aliphatic rings. The highest BCUT2D eigenvalue weighted by Crippen LogP contribution is 2.29. The number of hydrogen-bond acceptors (Lipinski definition) is 3. The average molecular weight is 189 g/mol. The van der Waals surface area contributed by atoms with Crippen LogP contribution in [0.25, 0.3) is 0 Å². The average Bonchev–Trinajstić information content (AvgIpc) is 2.44. The molecule has 1 aromatic carbocycles. The molecule has 0 aliphatic carbocycles. The lowest BCUT2D eigenvalue weighted by molar-refractivity contribution is -0.146. The molecule has 72 valence electrons. The summed E-state index contributed by atoms with van der Waals surface area (Å²) in [5, 5.41) is 3.81. The summed E-state index contributed by atoms with van der Waals surface area (Å²) in [4.78, 5) is 16.0. The molecule has 0 spiro atoms. The van der Waals surface area contributed by atoms with Crippen LogP contribution in [0.2, 0.25) is 0 Å². The second-order valence-electron chi connectivity index (χ2n) is 3.81. The summed E-state index contributed by atoms with van der Waals surface area (Å²) in [6.45, 7) is 3.63. The molecule has 0 aromatic heterocycles. The molecule has 0 atom stereocenters. The molecule has 14 heavy (non-hydrogen) atoms. The van der Waals surface area contributed by atoms with Gasteiger partial charge in [-0.05, 0) is 13.8 Å². The fourth-order valence-corrected chi connectivity index (χ4v) is 1.42. The maximum Gasteiger partial charge on any atom is 0.346 e. The van der Waals surface area contributed by atoms with Gasteiger partial charge in [-0.3, -0.25) is 0 Å². The van der Waals surface area contributed by atoms with E-state index in [2.05, 4.69) is 9.99 Å². The second-order valence-corrected chi connectivity index (χ2v) is 3.81. The number of nitrogens with zero attached hydrogens (tertiary/aromatic N) is 1. The predicted octanol–water partition coefficient (Wildman–Crippen LogP) is 1.97. The van der Waals surface area contributed by atoms with Gasteiger partial charge in [-0.1, -0.05) is 35.5 Å². The van der Waals surface area contributed by atoms with Crippen LogP contribution >= 0.6 is 0 Å². The van der Waals surface area contributed by atoms with Gasteiger partial charge in [0.05, 0.1) is 0 Å². The second kappa shape index (κ2) is 2.94. The first kappa shape index (κ1) is 8.94. The molecule has 2 rings (SSSR count). The van der Waals surface area contributed by atoms with Crippen molar-refractivity contribution < 1.29 is 9.63 Å². The monoisotopic (exact) mass is 189 g/mol. The first-order valence-corrected chi connectivity index (χ1v) is 4.48. The zero-order valence-electron chi connectivity index (χ0n) is 8.15. The van der Waals surface area contributed by atoms with Crippen LogP contribution in [0.5, 0.6) is 0 Å². The Bertz CT molecular complexity index is 393. The normalized spacial score (nSPS) is 19.0. The van der Waals surface area contributed by atoms with E-state index in [9.17, 15) is 4.79 Å². The Morgan fingerprint density at radius 3 is 2.36 bits per heavy atom. The van der Waals surface area contributed by atoms with Crippen LogP contribution in [-0.4, -0.2) is 11.7 Å². The molecule has 3 nitrogen and oxygen atoms in total. The van der Waals surface area contributed by atoms with Gasteiger partial charge in [0, 0.05) is 5.56 Å². The standard InChI is InChI=1S/C11H11NO2/c1-11(2)9(12-14-10(11)13)8-6-4-3-5-7-8/h3-7H,1-2H3. The van der Waals surface area contributed by atoms with Crippen LogP contribution in [-0.2, 0) is 9.63 Å². The van der Waals surface area contributed by atoms with Gasteiger partial charge < -0.3 is 4.84 Å². The van der Waals surface area contributed by atoms with E-state index in [-0.39, 0.29) is 5.97 Å². The third-order valence-electron chi connectivity index (χ3n) is 2.37. The number of rotatable bonds is 1. The molecular weight excluding hydrogens is 178 g/mol. The molecule has 1 aliphatic heterocycles. The van der Waals surface area contributed by atoms with Gasteiger partial charge >= 0.3 is 5.97 Å². The van der Waals surface area contributed by atoms with E-state index in [0.717, 1.165) is 5.56 Å². The molecule has 1 heterocycles. The van der Waals surface area contributed by atoms with Crippen LogP contribution in [0.1, 0.15) is 19.4 Å². The fraction of sp³-hybridized carbons (Fsp3) is 0.273. The minimum atomic E-state index is -0.638. The maximum absolute atomic E-state index is 11.3. The first-order chi connectivity index (χ1) is 6.62. The number of benzene rings is 1. The van der Waals surface area contributed by atoms with Crippen molar-refractivity contribution in [1.82, 2.24) is 0 Å². The van der Waals surface area contributed by atoms with Gasteiger partial charge in [-0.25, -0.2) is 4.79 Å². The summed E-state index contributed by atoms with van der Waals surface area (Å²) < 4.78 is 0. The zero-order valence-corrected chi connectivity index (χ0v) is 8.15. The summed E-state index contributed by atoms with van der Waals surface area (Å²) in [7, 11) is 0. The number of carbonyl (C=O) groups is 1. The Labute approximate surface area is 82.4 Å². The Kier molecular flexibility index (Phi) is 1.88. The summed E-state index contributed by atoms with van der Waals surface area (Å²) in [6.07, 6.45) is 0. The molecule has 1 aromatic rings. The summed E-state index contributed by atoms with van der Waals surface area (Å²) >= 11 is 0. The van der Waals surface area contributed by atoms with Gasteiger partial charge in [0.25, 0.3) is 0 Å². The Hall–Kier alpha value is -1.64. The molecule has 0 radical (unpaired) electrons. The first-order valence-electron chi connectivity index (χ1n) is 4.48. The summed E-state index contributed by atoms with van der Waals surface area (Å²) in [5.74, 6) is -0.295. The predicted molar refractivity (Wildman–Crippen MR) is 52.9 cm³/mol. The molecule has 0 unspecified atom stereocenters. The van der Waals surface area contributed by atoms with Crippen LogP contribution < -0.4 is 0 Å². The van der Waals surface area contributed by atoms with Crippen molar-refractivity contribution in [2.24, 2.45) is 10.6 Å². The van der Waals surface area contributed by atoms with Crippen molar-refractivity contribution in [3.63, 3.8) is 0 Å². The number of carbonyl (C=O) groups excluding carboxylic acids is 1. The molecular formula is C11H11NO2. The molecule has 0 bridgehead atoms. The van der Waals surface area contributed by atoms with E-state index in [1.807, 2.05) is 44.2 Å². The van der Waals surface area contributed by atoms with Gasteiger partial charge in [0.15, 0.2) is 0 Å².